The van der Waals surface area contributed by atoms with Gasteiger partial charge >= 0.3 is 0 Å². The first kappa shape index (κ1) is 14.8. The first-order chi connectivity index (χ1) is 11.2. The Kier molecular flexibility index (Phi) is 4.05. The molecule has 3 heterocycles. The van der Waals surface area contributed by atoms with Crippen LogP contribution in [0.5, 0.6) is 5.88 Å². The Morgan fingerprint density at radius 2 is 2.22 bits per heavy atom. The van der Waals surface area contributed by atoms with Crippen LogP contribution >= 0.6 is 0 Å². The Hall–Kier alpha value is -3.16. The molecule has 0 bridgehead atoms. The largest absolute Gasteiger partial charge is 0.481 e. The average molecular weight is 314 g/mol. The van der Waals surface area contributed by atoms with Gasteiger partial charge < -0.3 is 19.0 Å². The van der Waals surface area contributed by atoms with Gasteiger partial charge in [0.15, 0.2) is 0 Å². The number of carbonyl (C=O) groups excluding carboxylic acids is 1. The van der Waals surface area contributed by atoms with Gasteiger partial charge in [-0.25, -0.2) is 4.98 Å². The maximum absolute atomic E-state index is 12.0. The van der Waals surface area contributed by atoms with Gasteiger partial charge in [-0.2, -0.15) is 4.98 Å². The van der Waals surface area contributed by atoms with Crippen molar-refractivity contribution >= 4 is 5.91 Å². The molecular formula is C15H14N4O4. The number of furan rings is 1. The molecule has 0 spiro atoms. The smallest absolute Gasteiger partial charge is 0.255 e. The molecule has 1 amide bonds. The molecule has 0 radical (unpaired) electrons. The van der Waals surface area contributed by atoms with E-state index in [2.05, 4.69) is 20.4 Å². The van der Waals surface area contributed by atoms with E-state index >= 15 is 0 Å². The van der Waals surface area contributed by atoms with Crippen molar-refractivity contribution in [2.24, 2.45) is 0 Å². The lowest BCUT2D eigenvalue weighted by molar-refractivity contribution is 0.0932. The van der Waals surface area contributed by atoms with E-state index in [-0.39, 0.29) is 5.91 Å². The normalized spacial score (nSPS) is 11.9. The van der Waals surface area contributed by atoms with Crippen LogP contribution in [-0.2, 0) is 0 Å². The minimum Gasteiger partial charge on any atom is -0.481 e. The van der Waals surface area contributed by atoms with E-state index in [0.717, 1.165) is 0 Å². The topological polar surface area (TPSA) is 103 Å². The lowest BCUT2D eigenvalue weighted by Crippen LogP contribution is -2.26. The Morgan fingerprint density at radius 1 is 1.35 bits per heavy atom. The van der Waals surface area contributed by atoms with Gasteiger partial charge in [0.05, 0.1) is 18.9 Å². The van der Waals surface area contributed by atoms with Gasteiger partial charge in [0.1, 0.15) is 12.3 Å². The quantitative estimate of drug-likeness (QED) is 0.770. The molecule has 0 fully saturated rings. The molecule has 1 N–H and O–H groups in total. The highest BCUT2D eigenvalue weighted by Crippen LogP contribution is 2.19. The average Bonchev–Trinajstić information content (AvgIpc) is 3.26. The Labute approximate surface area is 131 Å². The molecule has 8 heteroatoms. The summed E-state index contributed by atoms with van der Waals surface area (Å²) in [5, 5.41) is 6.65. The van der Waals surface area contributed by atoms with Crippen LogP contribution in [0.25, 0.3) is 11.4 Å². The fraction of sp³-hybridized carbons (Fsp3) is 0.200. The second-order valence-electron chi connectivity index (χ2n) is 4.75. The molecule has 3 rings (SSSR count). The van der Waals surface area contributed by atoms with Gasteiger partial charge in [0, 0.05) is 17.8 Å². The lowest BCUT2D eigenvalue weighted by Gasteiger charge is -2.07. The van der Waals surface area contributed by atoms with Gasteiger partial charge in [-0.05, 0) is 19.1 Å². The molecule has 3 aromatic heterocycles. The molecule has 1 atom stereocenters. The summed E-state index contributed by atoms with van der Waals surface area (Å²) in [6.45, 7) is 1.75. The summed E-state index contributed by atoms with van der Waals surface area (Å²) >= 11 is 0. The zero-order chi connectivity index (χ0) is 16.2. The highest BCUT2D eigenvalue weighted by atomic mass is 16.5. The van der Waals surface area contributed by atoms with Crippen LogP contribution in [-0.4, -0.2) is 28.1 Å². The third-order valence-electron chi connectivity index (χ3n) is 3.15. The molecule has 0 aliphatic carbocycles. The first-order valence-electron chi connectivity index (χ1n) is 6.84. The fourth-order valence-electron chi connectivity index (χ4n) is 1.90. The standard InChI is InChI=1S/C15H14N4O4/c1-9(17-14(20)11-5-6-22-8-11)15-18-13(19-23-15)10-3-4-12(21-2)16-7-10/h3-9H,1-2H3,(H,17,20)/t9-/m0/s1. The van der Waals surface area contributed by atoms with E-state index in [1.54, 1.807) is 38.4 Å². The van der Waals surface area contributed by atoms with Crippen molar-refractivity contribution < 1.29 is 18.5 Å². The van der Waals surface area contributed by atoms with Crippen LogP contribution in [0.2, 0.25) is 0 Å². The molecule has 0 aromatic carbocycles. The van der Waals surface area contributed by atoms with Crippen molar-refractivity contribution in [2.45, 2.75) is 13.0 Å². The maximum atomic E-state index is 12.0. The van der Waals surface area contributed by atoms with E-state index < -0.39 is 6.04 Å². The number of hydrogen-bond acceptors (Lipinski definition) is 7. The number of aromatic nitrogens is 3. The summed E-state index contributed by atoms with van der Waals surface area (Å²) < 4.78 is 15.1. The van der Waals surface area contributed by atoms with Crippen molar-refractivity contribution in [3.8, 4) is 17.3 Å². The van der Waals surface area contributed by atoms with E-state index in [0.29, 0.717) is 28.7 Å². The fourth-order valence-corrected chi connectivity index (χ4v) is 1.90. The number of nitrogens with zero attached hydrogens (tertiary/aromatic N) is 3. The van der Waals surface area contributed by atoms with Crippen LogP contribution in [0, 0.1) is 0 Å². The van der Waals surface area contributed by atoms with E-state index in [1.165, 1.54) is 12.5 Å². The summed E-state index contributed by atoms with van der Waals surface area (Å²) in [6, 6.07) is 4.61. The zero-order valence-corrected chi connectivity index (χ0v) is 12.5. The molecule has 3 aromatic rings. The molecule has 0 aliphatic heterocycles. The van der Waals surface area contributed by atoms with Crippen molar-refractivity contribution in [3.05, 3.63) is 48.4 Å². The van der Waals surface area contributed by atoms with Gasteiger partial charge in [0.2, 0.25) is 17.6 Å². The maximum Gasteiger partial charge on any atom is 0.255 e. The second kappa shape index (κ2) is 6.30. The number of carbonyl (C=O) groups is 1. The minimum atomic E-state index is -0.440. The van der Waals surface area contributed by atoms with Crippen molar-refractivity contribution in [2.75, 3.05) is 7.11 Å². The third kappa shape index (κ3) is 3.20. The number of nitrogens with one attached hydrogen (secondary N) is 1. The molecule has 23 heavy (non-hydrogen) atoms. The van der Waals surface area contributed by atoms with Gasteiger partial charge in [0.25, 0.3) is 5.91 Å². The molecule has 118 valence electrons. The Balaban J connectivity index is 1.71. The van der Waals surface area contributed by atoms with Crippen LogP contribution in [0.4, 0.5) is 0 Å². The Morgan fingerprint density at radius 3 is 2.87 bits per heavy atom. The number of rotatable bonds is 5. The van der Waals surface area contributed by atoms with E-state index in [9.17, 15) is 4.79 Å². The summed E-state index contributed by atoms with van der Waals surface area (Å²) in [5.74, 6) is 0.905. The summed E-state index contributed by atoms with van der Waals surface area (Å²) in [7, 11) is 1.54. The van der Waals surface area contributed by atoms with Gasteiger partial charge in [-0.15, -0.1) is 0 Å². The monoisotopic (exact) mass is 314 g/mol. The number of ether oxygens (including phenoxy) is 1. The molecule has 8 nitrogen and oxygen atoms in total. The zero-order valence-electron chi connectivity index (χ0n) is 12.5. The van der Waals surface area contributed by atoms with Crippen molar-refractivity contribution in [1.82, 2.24) is 20.4 Å². The highest BCUT2D eigenvalue weighted by molar-refractivity contribution is 5.93. The van der Waals surface area contributed by atoms with E-state index in [1.807, 2.05) is 0 Å². The lowest BCUT2D eigenvalue weighted by atomic mass is 10.2. The van der Waals surface area contributed by atoms with Crippen LogP contribution in [0.3, 0.4) is 0 Å². The predicted molar refractivity (Wildman–Crippen MR) is 78.7 cm³/mol. The van der Waals surface area contributed by atoms with Crippen molar-refractivity contribution in [3.63, 3.8) is 0 Å². The molecule has 0 saturated carbocycles. The highest BCUT2D eigenvalue weighted by Gasteiger charge is 2.18. The first-order valence-corrected chi connectivity index (χ1v) is 6.84. The van der Waals surface area contributed by atoms with Crippen LogP contribution < -0.4 is 10.1 Å². The molecular weight excluding hydrogens is 300 g/mol. The second-order valence-corrected chi connectivity index (χ2v) is 4.75. The number of amides is 1. The molecule has 0 saturated heterocycles. The molecule has 0 aliphatic rings. The summed E-state index contributed by atoms with van der Waals surface area (Å²) in [6.07, 6.45) is 4.38. The van der Waals surface area contributed by atoms with E-state index in [4.69, 9.17) is 13.7 Å². The van der Waals surface area contributed by atoms with Crippen molar-refractivity contribution in [1.29, 1.82) is 0 Å². The van der Waals surface area contributed by atoms with Crippen LogP contribution in [0.15, 0.2) is 45.9 Å². The number of pyridine rings is 1. The predicted octanol–water partition coefficient (Wildman–Crippen LogP) is 2.22. The van der Waals surface area contributed by atoms with Gasteiger partial charge in [-0.3, -0.25) is 4.79 Å². The minimum absolute atomic E-state index is 0.280. The van der Waals surface area contributed by atoms with Crippen LogP contribution in [0.1, 0.15) is 29.2 Å². The van der Waals surface area contributed by atoms with Gasteiger partial charge in [-0.1, -0.05) is 5.16 Å². The SMILES string of the molecule is COc1ccc(-c2noc([C@H](C)NC(=O)c3ccoc3)n2)cn1. The third-order valence-corrected chi connectivity index (χ3v) is 3.15. The summed E-state index contributed by atoms with van der Waals surface area (Å²) in [5.41, 5.74) is 1.12. The number of methoxy groups -OCH3 is 1. The summed E-state index contributed by atoms with van der Waals surface area (Å²) in [4.78, 5) is 20.3. The number of hydrogen-bond donors (Lipinski definition) is 1. The Bertz CT molecular complexity index is 780. The molecule has 0 unspecified atom stereocenters.